The van der Waals surface area contributed by atoms with Crippen molar-refractivity contribution < 1.29 is 13.9 Å². The van der Waals surface area contributed by atoms with Gasteiger partial charge in [-0.1, -0.05) is 19.1 Å². The maximum absolute atomic E-state index is 13.3. The normalized spacial score (nSPS) is 14.3. The largest absolute Gasteiger partial charge is 0.382 e. The van der Waals surface area contributed by atoms with Crippen molar-refractivity contribution in [2.75, 3.05) is 26.8 Å². The van der Waals surface area contributed by atoms with E-state index in [-0.39, 0.29) is 18.0 Å². The fourth-order valence-electron chi connectivity index (χ4n) is 1.92. The van der Waals surface area contributed by atoms with Gasteiger partial charge in [-0.3, -0.25) is 0 Å². The Morgan fingerprint density at radius 3 is 2.79 bits per heavy atom. The van der Waals surface area contributed by atoms with Gasteiger partial charge in [0.2, 0.25) is 0 Å². The summed E-state index contributed by atoms with van der Waals surface area (Å²) in [4.78, 5) is 0. The lowest BCUT2D eigenvalue weighted by atomic mass is 10.1. The second-order valence-electron chi connectivity index (χ2n) is 4.65. The van der Waals surface area contributed by atoms with Crippen LogP contribution in [0.4, 0.5) is 4.39 Å². The van der Waals surface area contributed by atoms with E-state index in [9.17, 15) is 4.39 Å². The molecular weight excluding hydrogens is 245 g/mol. The molecule has 4 heteroatoms. The van der Waals surface area contributed by atoms with Gasteiger partial charge in [0, 0.05) is 13.7 Å². The van der Waals surface area contributed by atoms with Crippen molar-refractivity contribution in [3.63, 3.8) is 0 Å². The summed E-state index contributed by atoms with van der Waals surface area (Å²) in [6.45, 7) is 6.19. The summed E-state index contributed by atoms with van der Waals surface area (Å²) in [6, 6.07) is 6.57. The van der Waals surface area contributed by atoms with Crippen LogP contribution in [0.15, 0.2) is 24.3 Å². The second kappa shape index (κ2) is 9.02. The number of nitrogens with one attached hydrogen (secondary N) is 1. The van der Waals surface area contributed by atoms with E-state index in [1.165, 1.54) is 12.1 Å². The predicted octanol–water partition coefficient (Wildman–Crippen LogP) is 2.92. The van der Waals surface area contributed by atoms with Crippen molar-refractivity contribution in [3.8, 4) is 0 Å². The zero-order chi connectivity index (χ0) is 14.1. The Bertz CT molecular complexity index is 360. The first-order valence-corrected chi connectivity index (χ1v) is 6.78. The predicted molar refractivity (Wildman–Crippen MR) is 74.7 cm³/mol. The fourth-order valence-corrected chi connectivity index (χ4v) is 1.92. The van der Waals surface area contributed by atoms with Crippen LogP contribution in [0.5, 0.6) is 0 Å². The third kappa shape index (κ3) is 6.14. The number of rotatable bonds is 9. The van der Waals surface area contributed by atoms with Gasteiger partial charge in [-0.25, -0.2) is 4.39 Å². The number of benzene rings is 1. The Morgan fingerprint density at radius 1 is 1.37 bits per heavy atom. The van der Waals surface area contributed by atoms with E-state index < -0.39 is 0 Å². The van der Waals surface area contributed by atoms with Crippen LogP contribution in [0.25, 0.3) is 0 Å². The molecule has 0 radical (unpaired) electrons. The van der Waals surface area contributed by atoms with Crippen molar-refractivity contribution in [1.29, 1.82) is 0 Å². The van der Waals surface area contributed by atoms with E-state index in [4.69, 9.17) is 9.47 Å². The molecule has 2 atom stereocenters. The highest BCUT2D eigenvalue weighted by Gasteiger charge is 2.16. The molecule has 0 aliphatic rings. The van der Waals surface area contributed by atoms with Crippen molar-refractivity contribution in [2.24, 2.45) is 0 Å². The highest BCUT2D eigenvalue weighted by molar-refractivity contribution is 5.19. The molecule has 0 heterocycles. The molecule has 0 bridgehead atoms. The summed E-state index contributed by atoms with van der Waals surface area (Å²) < 4.78 is 24.3. The van der Waals surface area contributed by atoms with E-state index in [0.717, 1.165) is 18.5 Å². The molecule has 0 saturated carbocycles. The van der Waals surface area contributed by atoms with Gasteiger partial charge in [0.05, 0.1) is 18.8 Å². The van der Waals surface area contributed by atoms with Crippen molar-refractivity contribution in [1.82, 2.24) is 5.32 Å². The van der Waals surface area contributed by atoms with Crippen LogP contribution in [-0.4, -0.2) is 32.9 Å². The standard InChI is InChI=1S/C15H24FNO2/c1-4-8-17-10-15(19-12(2)11-18-3)13-6-5-7-14(16)9-13/h5-7,9,12,15,17H,4,8,10-11H2,1-3H3. The second-order valence-corrected chi connectivity index (χ2v) is 4.65. The summed E-state index contributed by atoms with van der Waals surface area (Å²) in [7, 11) is 1.65. The molecule has 3 nitrogen and oxygen atoms in total. The molecule has 19 heavy (non-hydrogen) atoms. The van der Waals surface area contributed by atoms with Gasteiger partial charge >= 0.3 is 0 Å². The molecule has 2 unspecified atom stereocenters. The Kier molecular flexibility index (Phi) is 7.63. The van der Waals surface area contributed by atoms with Crippen molar-refractivity contribution in [3.05, 3.63) is 35.6 Å². The zero-order valence-electron chi connectivity index (χ0n) is 12.0. The van der Waals surface area contributed by atoms with Crippen molar-refractivity contribution in [2.45, 2.75) is 32.5 Å². The molecule has 0 fully saturated rings. The number of hydrogen-bond donors (Lipinski definition) is 1. The molecule has 1 rings (SSSR count). The highest BCUT2D eigenvalue weighted by Crippen LogP contribution is 2.19. The van der Waals surface area contributed by atoms with Crippen LogP contribution in [0.3, 0.4) is 0 Å². The van der Waals surface area contributed by atoms with Gasteiger partial charge in [-0.15, -0.1) is 0 Å². The lowest BCUT2D eigenvalue weighted by Crippen LogP contribution is -2.28. The van der Waals surface area contributed by atoms with E-state index in [1.807, 2.05) is 13.0 Å². The number of hydrogen-bond acceptors (Lipinski definition) is 3. The Hall–Kier alpha value is -0.970. The molecule has 1 aromatic carbocycles. The summed E-state index contributed by atoms with van der Waals surface area (Å²) in [5.41, 5.74) is 0.853. The average Bonchev–Trinajstić information content (AvgIpc) is 2.38. The Labute approximate surface area is 115 Å². The monoisotopic (exact) mass is 269 g/mol. The first kappa shape index (κ1) is 16.1. The third-order valence-corrected chi connectivity index (χ3v) is 2.77. The van der Waals surface area contributed by atoms with Crippen LogP contribution in [-0.2, 0) is 9.47 Å². The zero-order valence-corrected chi connectivity index (χ0v) is 12.0. The van der Waals surface area contributed by atoms with E-state index >= 15 is 0 Å². The average molecular weight is 269 g/mol. The molecule has 0 aliphatic carbocycles. The summed E-state index contributed by atoms with van der Waals surface area (Å²) in [6.07, 6.45) is 0.873. The van der Waals surface area contributed by atoms with Crippen molar-refractivity contribution >= 4 is 0 Å². The summed E-state index contributed by atoms with van der Waals surface area (Å²) >= 11 is 0. The number of ether oxygens (including phenoxy) is 2. The Morgan fingerprint density at radius 2 is 2.16 bits per heavy atom. The van der Waals surface area contributed by atoms with Crippen LogP contribution in [0.1, 0.15) is 31.9 Å². The molecule has 108 valence electrons. The minimum Gasteiger partial charge on any atom is -0.382 e. The minimum absolute atomic E-state index is 0.0262. The van der Waals surface area contributed by atoms with Crippen LogP contribution in [0.2, 0.25) is 0 Å². The fraction of sp³-hybridized carbons (Fsp3) is 0.600. The van der Waals surface area contributed by atoms with Gasteiger partial charge in [0.1, 0.15) is 5.82 Å². The molecule has 1 N–H and O–H groups in total. The quantitative estimate of drug-likeness (QED) is 0.699. The molecule has 0 amide bonds. The van der Waals surface area contributed by atoms with Crippen LogP contribution < -0.4 is 5.32 Å². The van der Waals surface area contributed by atoms with Crippen LogP contribution in [0, 0.1) is 5.82 Å². The molecule has 0 spiro atoms. The van der Waals surface area contributed by atoms with E-state index in [2.05, 4.69) is 12.2 Å². The van der Waals surface area contributed by atoms with Gasteiger partial charge < -0.3 is 14.8 Å². The maximum Gasteiger partial charge on any atom is 0.123 e. The molecule has 0 saturated heterocycles. The smallest absolute Gasteiger partial charge is 0.123 e. The topological polar surface area (TPSA) is 30.5 Å². The minimum atomic E-state index is -0.235. The summed E-state index contributed by atoms with van der Waals surface area (Å²) in [5.74, 6) is -0.235. The van der Waals surface area contributed by atoms with Gasteiger partial charge in [0.15, 0.2) is 0 Å². The van der Waals surface area contributed by atoms with E-state index in [0.29, 0.717) is 13.2 Å². The van der Waals surface area contributed by atoms with E-state index in [1.54, 1.807) is 13.2 Å². The molecule has 1 aromatic rings. The maximum atomic E-state index is 13.3. The molecule has 0 aliphatic heterocycles. The first-order chi connectivity index (χ1) is 9.17. The van der Waals surface area contributed by atoms with Gasteiger partial charge in [0.25, 0.3) is 0 Å². The lowest BCUT2D eigenvalue weighted by Gasteiger charge is -2.23. The SMILES string of the molecule is CCCNCC(OC(C)COC)c1cccc(F)c1. The first-order valence-electron chi connectivity index (χ1n) is 6.78. The number of methoxy groups -OCH3 is 1. The Balaban J connectivity index is 2.67. The van der Waals surface area contributed by atoms with Gasteiger partial charge in [-0.2, -0.15) is 0 Å². The third-order valence-electron chi connectivity index (χ3n) is 2.77. The number of halogens is 1. The van der Waals surface area contributed by atoms with Gasteiger partial charge in [-0.05, 0) is 37.6 Å². The molecular formula is C15H24FNO2. The van der Waals surface area contributed by atoms with Crippen LogP contribution >= 0.6 is 0 Å². The lowest BCUT2D eigenvalue weighted by molar-refractivity contribution is -0.0393. The summed E-state index contributed by atoms with van der Waals surface area (Å²) in [5, 5.41) is 3.31. The molecule has 0 aromatic heterocycles. The highest BCUT2D eigenvalue weighted by atomic mass is 19.1.